The van der Waals surface area contributed by atoms with Gasteiger partial charge in [0.15, 0.2) is 5.72 Å². The predicted molar refractivity (Wildman–Crippen MR) is 56.0 cm³/mol. The lowest BCUT2D eigenvalue weighted by Gasteiger charge is -2.37. The van der Waals surface area contributed by atoms with E-state index < -0.39 is 0 Å². The van der Waals surface area contributed by atoms with Crippen molar-refractivity contribution in [1.82, 2.24) is 10.6 Å². The van der Waals surface area contributed by atoms with Crippen molar-refractivity contribution in [2.75, 3.05) is 26.7 Å². The van der Waals surface area contributed by atoms with Crippen LogP contribution in [-0.2, 0) is 10.5 Å². The summed E-state index contributed by atoms with van der Waals surface area (Å²) in [5.41, 5.74) is 0.828. The summed E-state index contributed by atoms with van der Waals surface area (Å²) >= 11 is 0. The quantitative estimate of drug-likeness (QED) is 0.723. The lowest BCUT2D eigenvalue weighted by molar-refractivity contribution is -0.0536. The van der Waals surface area contributed by atoms with Crippen molar-refractivity contribution in [3.8, 4) is 0 Å². The SMILES string of the molecule is COC1(c2ccccc2)CNCCN1. The molecule has 3 heteroatoms. The van der Waals surface area contributed by atoms with Crippen LogP contribution in [-0.4, -0.2) is 26.7 Å². The molecule has 0 radical (unpaired) electrons. The zero-order valence-corrected chi connectivity index (χ0v) is 8.42. The van der Waals surface area contributed by atoms with Crippen molar-refractivity contribution in [2.45, 2.75) is 5.72 Å². The molecule has 0 amide bonds. The van der Waals surface area contributed by atoms with Crippen molar-refractivity contribution in [2.24, 2.45) is 0 Å². The van der Waals surface area contributed by atoms with E-state index in [0.29, 0.717) is 0 Å². The Morgan fingerprint density at radius 2 is 2.00 bits per heavy atom. The van der Waals surface area contributed by atoms with Crippen LogP contribution in [0.1, 0.15) is 5.56 Å². The molecule has 3 nitrogen and oxygen atoms in total. The maximum atomic E-state index is 5.59. The summed E-state index contributed by atoms with van der Waals surface area (Å²) in [5, 5.41) is 6.75. The Morgan fingerprint density at radius 3 is 2.57 bits per heavy atom. The van der Waals surface area contributed by atoms with E-state index in [4.69, 9.17) is 4.74 Å². The molecule has 1 atom stereocenters. The zero-order valence-electron chi connectivity index (χ0n) is 8.42. The summed E-state index contributed by atoms with van der Waals surface area (Å²) < 4.78 is 5.59. The standard InChI is InChI=1S/C11H16N2O/c1-14-11(9-12-7-8-13-11)10-5-3-2-4-6-10/h2-6,12-13H,7-9H2,1H3. The molecule has 0 aromatic heterocycles. The second-order valence-electron chi connectivity index (χ2n) is 3.50. The largest absolute Gasteiger partial charge is 0.358 e. The zero-order chi connectivity index (χ0) is 9.86. The minimum atomic E-state index is -0.348. The molecule has 1 aromatic carbocycles. The molecule has 0 aliphatic carbocycles. The number of hydrogen-bond donors (Lipinski definition) is 2. The third-order valence-corrected chi connectivity index (χ3v) is 2.67. The van der Waals surface area contributed by atoms with Gasteiger partial charge in [0.25, 0.3) is 0 Å². The average molecular weight is 192 g/mol. The van der Waals surface area contributed by atoms with E-state index in [1.165, 1.54) is 5.56 Å². The minimum Gasteiger partial charge on any atom is -0.358 e. The fraction of sp³-hybridized carbons (Fsp3) is 0.455. The molecule has 2 N–H and O–H groups in total. The van der Waals surface area contributed by atoms with Gasteiger partial charge < -0.3 is 10.1 Å². The number of hydrogen-bond acceptors (Lipinski definition) is 3. The molecule has 1 heterocycles. The fourth-order valence-corrected chi connectivity index (χ4v) is 1.85. The number of piperazine rings is 1. The van der Waals surface area contributed by atoms with E-state index in [1.807, 2.05) is 18.2 Å². The van der Waals surface area contributed by atoms with Crippen LogP contribution in [0, 0.1) is 0 Å². The van der Waals surface area contributed by atoms with Gasteiger partial charge in [0, 0.05) is 26.7 Å². The molecule has 1 aromatic rings. The summed E-state index contributed by atoms with van der Waals surface area (Å²) in [5.74, 6) is 0. The Bertz CT molecular complexity index is 281. The molecule has 0 bridgehead atoms. The number of benzene rings is 1. The van der Waals surface area contributed by atoms with E-state index in [-0.39, 0.29) is 5.72 Å². The van der Waals surface area contributed by atoms with E-state index in [0.717, 1.165) is 19.6 Å². The minimum absolute atomic E-state index is 0.348. The van der Waals surface area contributed by atoms with Gasteiger partial charge in [-0.05, 0) is 5.56 Å². The monoisotopic (exact) mass is 192 g/mol. The topological polar surface area (TPSA) is 33.3 Å². The summed E-state index contributed by atoms with van der Waals surface area (Å²) in [7, 11) is 1.74. The highest BCUT2D eigenvalue weighted by Gasteiger charge is 2.32. The molecule has 0 saturated carbocycles. The normalized spacial score (nSPS) is 27.5. The van der Waals surface area contributed by atoms with Crippen molar-refractivity contribution >= 4 is 0 Å². The van der Waals surface area contributed by atoms with Crippen LogP contribution in [0.5, 0.6) is 0 Å². The molecule has 1 aliphatic rings. The van der Waals surface area contributed by atoms with Crippen LogP contribution in [0.2, 0.25) is 0 Å². The van der Waals surface area contributed by atoms with Gasteiger partial charge in [0.05, 0.1) is 0 Å². The van der Waals surface area contributed by atoms with Crippen LogP contribution in [0.25, 0.3) is 0 Å². The highest BCUT2D eigenvalue weighted by molar-refractivity contribution is 5.23. The Hall–Kier alpha value is -0.900. The second kappa shape index (κ2) is 4.09. The first-order valence-corrected chi connectivity index (χ1v) is 4.94. The van der Waals surface area contributed by atoms with Gasteiger partial charge in [-0.2, -0.15) is 0 Å². The summed E-state index contributed by atoms with van der Waals surface area (Å²) in [4.78, 5) is 0. The number of methoxy groups -OCH3 is 1. The third kappa shape index (κ3) is 1.66. The van der Waals surface area contributed by atoms with Crippen LogP contribution >= 0.6 is 0 Å². The second-order valence-corrected chi connectivity index (χ2v) is 3.50. The molecular weight excluding hydrogens is 176 g/mol. The molecule has 1 unspecified atom stereocenters. The van der Waals surface area contributed by atoms with Gasteiger partial charge in [-0.1, -0.05) is 30.3 Å². The van der Waals surface area contributed by atoms with Crippen molar-refractivity contribution in [3.05, 3.63) is 35.9 Å². The van der Waals surface area contributed by atoms with Gasteiger partial charge in [-0.25, -0.2) is 0 Å². The highest BCUT2D eigenvalue weighted by Crippen LogP contribution is 2.22. The van der Waals surface area contributed by atoms with Crippen LogP contribution in [0.3, 0.4) is 0 Å². The van der Waals surface area contributed by atoms with E-state index in [1.54, 1.807) is 7.11 Å². The van der Waals surface area contributed by atoms with Crippen molar-refractivity contribution in [3.63, 3.8) is 0 Å². The summed E-state index contributed by atoms with van der Waals surface area (Å²) in [6.45, 7) is 2.74. The molecule has 0 spiro atoms. The summed E-state index contributed by atoms with van der Waals surface area (Å²) in [6, 6.07) is 10.3. The maximum absolute atomic E-state index is 5.59. The fourth-order valence-electron chi connectivity index (χ4n) is 1.85. The van der Waals surface area contributed by atoms with Crippen molar-refractivity contribution < 1.29 is 4.74 Å². The summed E-state index contributed by atoms with van der Waals surface area (Å²) in [6.07, 6.45) is 0. The van der Waals surface area contributed by atoms with Crippen LogP contribution in [0.4, 0.5) is 0 Å². The lowest BCUT2D eigenvalue weighted by Crippen LogP contribution is -2.57. The Labute approximate surface area is 84.5 Å². The molecule has 14 heavy (non-hydrogen) atoms. The first kappa shape index (κ1) is 9.65. The Balaban J connectivity index is 2.27. The van der Waals surface area contributed by atoms with Crippen molar-refractivity contribution in [1.29, 1.82) is 0 Å². The predicted octanol–water partition coefficient (Wildman–Crippen LogP) is 0.679. The molecular formula is C11H16N2O. The van der Waals surface area contributed by atoms with Crippen LogP contribution in [0.15, 0.2) is 30.3 Å². The Kier molecular flexibility index (Phi) is 2.82. The first-order valence-electron chi connectivity index (χ1n) is 4.94. The van der Waals surface area contributed by atoms with Gasteiger partial charge in [-0.3, -0.25) is 5.32 Å². The first-order chi connectivity index (χ1) is 6.87. The van der Waals surface area contributed by atoms with E-state index in [9.17, 15) is 0 Å². The molecule has 76 valence electrons. The van der Waals surface area contributed by atoms with Crippen LogP contribution < -0.4 is 10.6 Å². The van der Waals surface area contributed by atoms with Gasteiger partial charge in [0.1, 0.15) is 0 Å². The molecule has 1 saturated heterocycles. The Morgan fingerprint density at radius 1 is 1.21 bits per heavy atom. The van der Waals surface area contributed by atoms with Gasteiger partial charge in [0.2, 0.25) is 0 Å². The number of rotatable bonds is 2. The number of nitrogens with one attached hydrogen (secondary N) is 2. The highest BCUT2D eigenvalue weighted by atomic mass is 16.5. The maximum Gasteiger partial charge on any atom is 0.157 e. The van der Waals surface area contributed by atoms with Gasteiger partial charge >= 0.3 is 0 Å². The van der Waals surface area contributed by atoms with E-state index >= 15 is 0 Å². The third-order valence-electron chi connectivity index (χ3n) is 2.67. The average Bonchev–Trinajstić information content (AvgIpc) is 2.31. The smallest absolute Gasteiger partial charge is 0.157 e. The molecule has 1 aliphatic heterocycles. The van der Waals surface area contributed by atoms with E-state index in [2.05, 4.69) is 22.8 Å². The molecule has 1 fully saturated rings. The van der Waals surface area contributed by atoms with Gasteiger partial charge in [-0.15, -0.1) is 0 Å². The number of ether oxygens (including phenoxy) is 1. The lowest BCUT2D eigenvalue weighted by atomic mass is 10.0. The molecule has 2 rings (SSSR count).